The Morgan fingerprint density at radius 3 is 2.90 bits per heavy atom. The number of methoxy groups -OCH3 is 1. The van der Waals surface area contributed by atoms with Gasteiger partial charge in [0.1, 0.15) is 0 Å². The maximum Gasteiger partial charge on any atom is 0.0850 e. The Balaban J connectivity index is 2.17. The Hall–Kier alpha value is -0.900. The first-order valence-electron chi connectivity index (χ1n) is 7.66. The quantitative estimate of drug-likeness (QED) is 0.642. The normalized spacial score (nSPS) is 28.3. The van der Waals surface area contributed by atoms with E-state index in [0.29, 0.717) is 5.92 Å². The second kappa shape index (κ2) is 6.70. The third-order valence-corrected chi connectivity index (χ3v) is 4.76. The van der Waals surface area contributed by atoms with Gasteiger partial charge in [-0.3, -0.25) is 11.3 Å². The summed E-state index contributed by atoms with van der Waals surface area (Å²) in [6.07, 6.45) is 5.62. The number of hydrogen-bond acceptors (Lipinski definition) is 3. The van der Waals surface area contributed by atoms with Crippen LogP contribution in [0.5, 0.6) is 0 Å². The van der Waals surface area contributed by atoms with Gasteiger partial charge in [0.15, 0.2) is 0 Å². The Morgan fingerprint density at radius 1 is 1.50 bits per heavy atom. The fourth-order valence-corrected chi connectivity index (χ4v) is 3.66. The van der Waals surface area contributed by atoms with Crippen LogP contribution in [0, 0.1) is 12.8 Å². The van der Waals surface area contributed by atoms with E-state index in [1.54, 1.807) is 0 Å². The van der Waals surface area contributed by atoms with E-state index in [2.05, 4.69) is 43.5 Å². The summed E-state index contributed by atoms with van der Waals surface area (Å²) in [6.45, 7) is 4.44. The molecule has 1 aliphatic carbocycles. The Bertz CT molecular complexity index is 435. The van der Waals surface area contributed by atoms with Crippen LogP contribution in [0.3, 0.4) is 0 Å². The van der Waals surface area contributed by atoms with Crippen molar-refractivity contribution in [1.82, 2.24) is 5.43 Å². The third-order valence-electron chi connectivity index (χ3n) is 4.76. The maximum atomic E-state index is 5.96. The summed E-state index contributed by atoms with van der Waals surface area (Å²) >= 11 is 0. The predicted molar refractivity (Wildman–Crippen MR) is 83.4 cm³/mol. The van der Waals surface area contributed by atoms with Crippen LogP contribution in [-0.2, 0) is 11.2 Å². The van der Waals surface area contributed by atoms with Crippen LogP contribution in [0.4, 0.5) is 0 Å². The SMILES string of the molecule is COC1(C(Cc2cccc(C)c2)NN)CCCC(C)C1. The van der Waals surface area contributed by atoms with Gasteiger partial charge in [0.25, 0.3) is 0 Å². The molecule has 3 atom stereocenters. The molecule has 1 aliphatic rings. The van der Waals surface area contributed by atoms with E-state index in [1.807, 2.05) is 7.11 Å². The van der Waals surface area contributed by atoms with E-state index in [4.69, 9.17) is 10.6 Å². The molecule has 1 fully saturated rings. The number of nitrogens with one attached hydrogen (secondary N) is 1. The van der Waals surface area contributed by atoms with E-state index < -0.39 is 0 Å². The summed E-state index contributed by atoms with van der Waals surface area (Å²) in [5, 5.41) is 0. The van der Waals surface area contributed by atoms with Gasteiger partial charge in [0.2, 0.25) is 0 Å². The van der Waals surface area contributed by atoms with Crippen LogP contribution in [0.1, 0.15) is 43.7 Å². The molecule has 3 nitrogen and oxygen atoms in total. The van der Waals surface area contributed by atoms with Crippen molar-refractivity contribution < 1.29 is 4.74 Å². The molecule has 112 valence electrons. The average Bonchev–Trinajstić information content (AvgIpc) is 2.44. The monoisotopic (exact) mass is 276 g/mol. The number of rotatable bonds is 5. The lowest BCUT2D eigenvalue weighted by molar-refractivity contribution is -0.0791. The minimum absolute atomic E-state index is 0.129. The molecule has 1 saturated carbocycles. The Kier molecular flexibility index (Phi) is 5.19. The first-order valence-corrected chi connectivity index (χ1v) is 7.66. The van der Waals surface area contributed by atoms with Crippen molar-refractivity contribution in [3.05, 3.63) is 35.4 Å². The van der Waals surface area contributed by atoms with E-state index in [-0.39, 0.29) is 11.6 Å². The van der Waals surface area contributed by atoms with Crippen LogP contribution in [0.2, 0.25) is 0 Å². The highest BCUT2D eigenvalue weighted by molar-refractivity contribution is 5.23. The highest BCUT2D eigenvalue weighted by Crippen LogP contribution is 2.38. The fourth-order valence-electron chi connectivity index (χ4n) is 3.66. The zero-order chi connectivity index (χ0) is 14.6. The molecule has 0 amide bonds. The Labute approximate surface area is 122 Å². The highest BCUT2D eigenvalue weighted by atomic mass is 16.5. The molecule has 1 aromatic carbocycles. The molecule has 1 aromatic rings. The summed E-state index contributed by atoms with van der Waals surface area (Å²) in [5.41, 5.74) is 5.51. The van der Waals surface area contributed by atoms with E-state index in [9.17, 15) is 0 Å². The van der Waals surface area contributed by atoms with Crippen molar-refractivity contribution >= 4 is 0 Å². The lowest BCUT2D eigenvalue weighted by atomic mass is 9.73. The third kappa shape index (κ3) is 3.40. The van der Waals surface area contributed by atoms with Crippen molar-refractivity contribution in [2.24, 2.45) is 11.8 Å². The first kappa shape index (κ1) is 15.5. The van der Waals surface area contributed by atoms with Gasteiger partial charge >= 0.3 is 0 Å². The van der Waals surface area contributed by atoms with Crippen LogP contribution in [0.25, 0.3) is 0 Å². The number of hydrazine groups is 1. The second-order valence-corrected chi connectivity index (χ2v) is 6.38. The van der Waals surface area contributed by atoms with Gasteiger partial charge in [-0.05, 0) is 37.7 Å². The standard InChI is InChI=1S/C17H28N2O/c1-13-6-4-8-15(10-13)11-16(19-18)17(20-3)9-5-7-14(2)12-17/h4,6,8,10,14,16,19H,5,7,9,11-12,18H2,1-3H3. The van der Waals surface area contributed by atoms with Crippen molar-refractivity contribution in [3.63, 3.8) is 0 Å². The van der Waals surface area contributed by atoms with Crippen LogP contribution < -0.4 is 11.3 Å². The topological polar surface area (TPSA) is 47.3 Å². The molecule has 3 N–H and O–H groups in total. The first-order chi connectivity index (χ1) is 9.59. The van der Waals surface area contributed by atoms with E-state index in [0.717, 1.165) is 19.3 Å². The molecular weight excluding hydrogens is 248 g/mol. The van der Waals surface area contributed by atoms with Gasteiger partial charge in [-0.15, -0.1) is 0 Å². The van der Waals surface area contributed by atoms with Crippen LogP contribution in [-0.4, -0.2) is 18.8 Å². The number of ether oxygens (including phenoxy) is 1. The Morgan fingerprint density at radius 2 is 2.30 bits per heavy atom. The number of benzene rings is 1. The van der Waals surface area contributed by atoms with Gasteiger partial charge in [-0.1, -0.05) is 49.6 Å². The van der Waals surface area contributed by atoms with Crippen molar-refractivity contribution in [2.45, 2.75) is 57.6 Å². The fraction of sp³-hybridized carbons (Fsp3) is 0.647. The van der Waals surface area contributed by atoms with Crippen molar-refractivity contribution in [1.29, 1.82) is 0 Å². The van der Waals surface area contributed by atoms with Crippen LogP contribution in [0.15, 0.2) is 24.3 Å². The number of aryl methyl sites for hydroxylation is 1. The molecule has 0 spiro atoms. The van der Waals surface area contributed by atoms with E-state index >= 15 is 0 Å². The molecule has 3 unspecified atom stereocenters. The molecule has 2 rings (SSSR count). The largest absolute Gasteiger partial charge is 0.377 e. The molecule has 0 aliphatic heterocycles. The smallest absolute Gasteiger partial charge is 0.0850 e. The zero-order valence-electron chi connectivity index (χ0n) is 13.0. The lowest BCUT2D eigenvalue weighted by Crippen LogP contribution is -2.57. The van der Waals surface area contributed by atoms with Crippen LogP contribution >= 0.6 is 0 Å². The molecule has 3 heteroatoms. The number of hydrogen-bond donors (Lipinski definition) is 2. The molecule has 0 saturated heterocycles. The lowest BCUT2D eigenvalue weighted by Gasteiger charge is -2.44. The van der Waals surface area contributed by atoms with E-state index in [1.165, 1.54) is 24.0 Å². The average molecular weight is 276 g/mol. The molecule has 20 heavy (non-hydrogen) atoms. The zero-order valence-corrected chi connectivity index (χ0v) is 13.0. The summed E-state index contributed by atoms with van der Waals surface area (Å²) < 4.78 is 5.96. The van der Waals surface area contributed by atoms with Crippen molar-refractivity contribution in [2.75, 3.05) is 7.11 Å². The van der Waals surface area contributed by atoms with Gasteiger partial charge in [0.05, 0.1) is 11.6 Å². The summed E-state index contributed by atoms with van der Waals surface area (Å²) in [4.78, 5) is 0. The summed E-state index contributed by atoms with van der Waals surface area (Å²) in [6, 6.07) is 8.81. The molecular formula is C17H28N2O. The molecule has 0 heterocycles. The van der Waals surface area contributed by atoms with Crippen molar-refractivity contribution in [3.8, 4) is 0 Å². The predicted octanol–water partition coefficient (Wildman–Crippen LogP) is 2.96. The highest BCUT2D eigenvalue weighted by Gasteiger charge is 2.41. The molecule has 0 aromatic heterocycles. The minimum Gasteiger partial charge on any atom is -0.377 e. The second-order valence-electron chi connectivity index (χ2n) is 6.38. The molecule has 0 bridgehead atoms. The molecule has 0 radical (unpaired) electrons. The minimum atomic E-state index is -0.129. The number of nitrogens with two attached hydrogens (primary N) is 1. The van der Waals surface area contributed by atoms with Gasteiger partial charge in [0, 0.05) is 7.11 Å². The summed E-state index contributed by atoms with van der Waals surface area (Å²) in [5.74, 6) is 6.57. The maximum absolute atomic E-state index is 5.96. The summed E-state index contributed by atoms with van der Waals surface area (Å²) in [7, 11) is 1.83. The van der Waals surface area contributed by atoms with Gasteiger partial charge in [-0.25, -0.2) is 0 Å². The van der Waals surface area contributed by atoms with Gasteiger partial charge < -0.3 is 4.74 Å². The van der Waals surface area contributed by atoms with Gasteiger partial charge in [-0.2, -0.15) is 0 Å².